The molecule has 8 heteroatoms. The minimum absolute atomic E-state index is 0.100. The molecule has 0 aliphatic carbocycles. The van der Waals surface area contributed by atoms with Crippen LogP contribution in [-0.2, 0) is 4.79 Å². The number of halogens is 1. The largest absolute Gasteiger partial charge is 0.394 e. The number of aliphatic hydroxyl groups excluding tert-OH is 5. The Morgan fingerprint density at radius 3 is 2.19 bits per heavy atom. The fourth-order valence-electron chi connectivity index (χ4n) is 0.952. The number of rotatable bonds is 7. The molecule has 7 nitrogen and oxygen atoms in total. The molecule has 0 spiro atoms. The topological polar surface area (TPSA) is 130 Å². The molecule has 0 saturated heterocycles. The van der Waals surface area contributed by atoms with E-state index in [1.807, 2.05) is 0 Å². The second-order valence-corrected chi connectivity index (χ2v) is 3.53. The summed E-state index contributed by atoms with van der Waals surface area (Å²) in [4.78, 5) is 11.1. The molecule has 0 aliphatic heterocycles. The van der Waals surface area contributed by atoms with Crippen molar-refractivity contribution in [3.05, 3.63) is 0 Å². The number of alkyl halides is 1. The quantitative estimate of drug-likeness (QED) is 0.266. The monoisotopic (exact) mass is 257 g/mol. The molecule has 0 bridgehead atoms. The van der Waals surface area contributed by atoms with E-state index in [1.54, 1.807) is 0 Å². The summed E-state index contributed by atoms with van der Waals surface area (Å²) in [5, 5.41) is 47.4. The first-order valence-corrected chi connectivity index (χ1v) is 5.16. The summed E-state index contributed by atoms with van der Waals surface area (Å²) in [6.07, 6.45) is -7.25. The van der Waals surface area contributed by atoms with Gasteiger partial charge in [-0.05, 0) is 0 Å². The lowest BCUT2D eigenvalue weighted by Crippen LogP contribution is -2.51. The molecule has 0 unspecified atom stereocenters. The first-order chi connectivity index (χ1) is 7.45. The summed E-state index contributed by atoms with van der Waals surface area (Å²) in [6, 6.07) is 0. The zero-order valence-corrected chi connectivity index (χ0v) is 9.21. The maximum atomic E-state index is 11.1. The normalized spacial score (nSPS) is 18.6. The van der Waals surface area contributed by atoms with Gasteiger partial charge in [-0.15, -0.1) is 11.6 Å². The number of hydrogen-bond acceptors (Lipinski definition) is 6. The molecule has 1 amide bonds. The van der Waals surface area contributed by atoms with E-state index in [9.17, 15) is 20.1 Å². The molecule has 0 heterocycles. The minimum atomic E-state index is -1.90. The Labute approximate surface area is 97.3 Å². The van der Waals surface area contributed by atoms with Crippen molar-refractivity contribution in [3.8, 4) is 0 Å². The summed E-state index contributed by atoms with van der Waals surface area (Å²) in [6.45, 7) is -0.697. The SMILES string of the molecule is O=C(NCCCl)[C@H](O)[C@@H](O)[C@H](O)[C@H](O)CO. The molecule has 6 N–H and O–H groups in total. The second kappa shape index (κ2) is 7.77. The van der Waals surface area contributed by atoms with E-state index in [1.165, 1.54) is 0 Å². The summed E-state index contributed by atoms with van der Waals surface area (Å²) >= 11 is 5.28. The van der Waals surface area contributed by atoms with Gasteiger partial charge < -0.3 is 30.8 Å². The van der Waals surface area contributed by atoms with Crippen LogP contribution >= 0.6 is 11.6 Å². The van der Waals surface area contributed by atoms with Crippen LogP contribution in [0, 0.1) is 0 Å². The highest BCUT2D eigenvalue weighted by molar-refractivity contribution is 6.18. The summed E-state index contributed by atoms with van der Waals surface area (Å²) in [7, 11) is 0. The molecule has 0 fully saturated rings. The van der Waals surface area contributed by atoms with Crippen LogP contribution in [0.25, 0.3) is 0 Å². The molecule has 0 aromatic heterocycles. The Kier molecular flexibility index (Phi) is 7.56. The van der Waals surface area contributed by atoms with Crippen LogP contribution in [0.1, 0.15) is 0 Å². The van der Waals surface area contributed by atoms with Crippen molar-refractivity contribution < 1.29 is 30.3 Å². The van der Waals surface area contributed by atoms with Crippen molar-refractivity contribution in [2.24, 2.45) is 0 Å². The van der Waals surface area contributed by atoms with Crippen molar-refractivity contribution in [3.63, 3.8) is 0 Å². The van der Waals surface area contributed by atoms with Crippen LogP contribution in [-0.4, -0.2) is 74.9 Å². The van der Waals surface area contributed by atoms with Gasteiger partial charge in [0, 0.05) is 12.4 Å². The summed E-state index contributed by atoms with van der Waals surface area (Å²) in [5.41, 5.74) is 0. The van der Waals surface area contributed by atoms with Gasteiger partial charge in [0.1, 0.15) is 18.3 Å². The average molecular weight is 258 g/mol. The Balaban J connectivity index is 4.25. The van der Waals surface area contributed by atoms with Gasteiger partial charge in [-0.25, -0.2) is 0 Å². The Hall–Kier alpha value is -0.440. The van der Waals surface area contributed by atoms with Crippen molar-refractivity contribution in [2.75, 3.05) is 19.0 Å². The van der Waals surface area contributed by atoms with Crippen molar-refractivity contribution >= 4 is 17.5 Å². The van der Waals surface area contributed by atoms with Crippen LogP contribution in [0.4, 0.5) is 0 Å². The first-order valence-electron chi connectivity index (χ1n) is 4.62. The summed E-state index contributed by atoms with van der Waals surface area (Å²) < 4.78 is 0. The van der Waals surface area contributed by atoms with E-state index in [4.69, 9.17) is 21.8 Å². The zero-order valence-electron chi connectivity index (χ0n) is 8.45. The predicted octanol–water partition coefficient (Wildman–Crippen LogP) is -3.22. The van der Waals surface area contributed by atoms with Crippen molar-refractivity contribution in [1.29, 1.82) is 0 Å². The number of nitrogens with one attached hydrogen (secondary N) is 1. The van der Waals surface area contributed by atoms with Crippen LogP contribution < -0.4 is 5.32 Å². The van der Waals surface area contributed by atoms with E-state index in [0.29, 0.717) is 0 Å². The van der Waals surface area contributed by atoms with Crippen LogP contribution in [0.2, 0.25) is 0 Å². The molecule has 0 rings (SSSR count). The number of hydrogen-bond donors (Lipinski definition) is 6. The smallest absolute Gasteiger partial charge is 0.251 e. The van der Waals surface area contributed by atoms with Crippen LogP contribution in [0.15, 0.2) is 0 Å². The number of carbonyl (C=O) groups excluding carboxylic acids is 1. The molecule has 96 valence electrons. The summed E-state index contributed by atoms with van der Waals surface area (Å²) in [5.74, 6) is -0.784. The minimum Gasteiger partial charge on any atom is -0.394 e. The van der Waals surface area contributed by atoms with Gasteiger partial charge in [-0.2, -0.15) is 0 Å². The molecule has 0 aromatic rings. The van der Waals surface area contributed by atoms with E-state index in [-0.39, 0.29) is 12.4 Å². The molecule has 0 aliphatic rings. The van der Waals surface area contributed by atoms with Crippen LogP contribution in [0.5, 0.6) is 0 Å². The Morgan fingerprint density at radius 2 is 1.75 bits per heavy atom. The average Bonchev–Trinajstić information content (AvgIpc) is 2.31. The van der Waals surface area contributed by atoms with Crippen molar-refractivity contribution in [2.45, 2.75) is 24.4 Å². The third-order valence-corrected chi connectivity index (χ3v) is 2.11. The fraction of sp³-hybridized carbons (Fsp3) is 0.875. The number of amides is 1. The second-order valence-electron chi connectivity index (χ2n) is 3.16. The van der Waals surface area contributed by atoms with Crippen molar-refractivity contribution in [1.82, 2.24) is 5.32 Å². The third-order valence-electron chi connectivity index (χ3n) is 1.92. The van der Waals surface area contributed by atoms with E-state index < -0.39 is 36.9 Å². The fourth-order valence-corrected chi connectivity index (χ4v) is 1.05. The molecular weight excluding hydrogens is 242 g/mol. The molecule has 0 saturated carbocycles. The highest BCUT2D eigenvalue weighted by Crippen LogP contribution is 2.05. The lowest BCUT2D eigenvalue weighted by molar-refractivity contribution is -0.148. The highest BCUT2D eigenvalue weighted by Gasteiger charge is 2.33. The standard InChI is InChI=1S/C8H16ClNO6/c9-1-2-10-8(16)7(15)6(14)5(13)4(12)3-11/h4-7,11-15H,1-3H2,(H,10,16)/t4-,5-,6+,7-/m1/s1. The molecule has 16 heavy (non-hydrogen) atoms. The maximum Gasteiger partial charge on any atom is 0.251 e. The predicted molar refractivity (Wildman–Crippen MR) is 54.8 cm³/mol. The lowest BCUT2D eigenvalue weighted by atomic mass is 10.0. The number of carbonyl (C=O) groups is 1. The van der Waals surface area contributed by atoms with E-state index >= 15 is 0 Å². The van der Waals surface area contributed by atoms with Gasteiger partial charge in [0.2, 0.25) is 0 Å². The molecule has 0 aromatic carbocycles. The van der Waals surface area contributed by atoms with Gasteiger partial charge in [0.25, 0.3) is 5.91 Å². The molecule has 0 radical (unpaired) electrons. The Morgan fingerprint density at radius 1 is 1.19 bits per heavy atom. The zero-order chi connectivity index (χ0) is 12.7. The van der Waals surface area contributed by atoms with Gasteiger partial charge in [0.15, 0.2) is 6.10 Å². The van der Waals surface area contributed by atoms with Gasteiger partial charge in [-0.1, -0.05) is 0 Å². The van der Waals surface area contributed by atoms with Crippen LogP contribution in [0.3, 0.4) is 0 Å². The van der Waals surface area contributed by atoms with Gasteiger partial charge in [0.05, 0.1) is 6.61 Å². The van der Waals surface area contributed by atoms with E-state index in [2.05, 4.69) is 5.32 Å². The van der Waals surface area contributed by atoms with Gasteiger partial charge >= 0.3 is 0 Å². The third kappa shape index (κ3) is 4.60. The lowest BCUT2D eigenvalue weighted by Gasteiger charge is -2.24. The number of aliphatic hydroxyl groups is 5. The maximum absolute atomic E-state index is 11.1. The molecular formula is C8H16ClNO6. The van der Waals surface area contributed by atoms with E-state index in [0.717, 1.165) is 0 Å². The first kappa shape index (κ1) is 15.6. The highest BCUT2D eigenvalue weighted by atomic mass is 35.5. The van der Waals surface area contributed by atoms with Gasteiger partial charge in [-0.3, -0.25) is 4.79 Å². The molecule has 4 atom stereocenters. The Bertz CT molecular complexity index is 217.